The largest absolute Gasteiger partial charge is 0.493 e. The van der Waals surface area contributed by atoms with E-state index in [9.17, 15) is 14.0 Å². The summed E-state index contributed by atoms with van der Waals surface area (Å²) in [6, 6.07) is 10.3. The summed E-state index contributed by atoms with van der Waals surface area (Å²) >= 11 is 0. The van der Waals surface area contributed by atoms with E-state index in [1.54, 1.807) is 4.90 Å². The van der Waals surface area contributed by atoms with E-state index in [-0.39, 0.29) is 29.7 Å². The number of amides is 2. The van der Waals surface area contributed by atoms with Gasteiger partial charge in [-0.1, -0.05) is 17.7 Å². The molecule has 0 spiro atoms. The van der Waals surface area contributed by atoms with Gasteiger partial charge in [-0.2, -0.15) is 0 Å². The van der Waals surface area contributed by atoms with Gasteiger partial charge in [-0.15, -0.1) is 0 Å². The highest BCUT2D eigenvalue weighted by molar-refractivity contribution is 6.00. The minimum absolute atomic E-state index is 0.0718. The monoisotopic (exact) mass is 370 g/mol. The van der Waals surface area contributed by atoms with Gasteiger partial charge in [0.15, 0.2) is 6.61 Å². The summed E-state index contributed by atoms with van der Waals surface area (Å²) in [7, 11) is 0. The molecule has 2 aromatic carbocycles. The zero-order valence-corrected chi connectivity index (χ0v) is 14.8. The van der Waals surface area contributed by atoms with Gasteiger partial charge in [-0.25, -0.2) is 4.39 Å². The van der Waals surface area contributed by atoms with Crippen molar-refractivity contribution in [2.45, 2.75) is 6.92 Å². The number of nitrogens with zero attached hydrogens (tertiary/aromatic N) is 1. The predicted octanol–water partition coefficient (Wildman–Crippen LogP) is 2.62. The summed E-state index contributed by atoms with van der Waals surface area (Å²) in [5.41, 5.74) is 1.41. The quantitative estimate of drug-likeness (QED) is 0.898. The molecule has 0 saturated carbocycles. The van der Waals surface area contributed by atoms with Crippen molar-refractivity contribution in [1.29, 1.82) is 0 Å². The Balaban J connectivity index is 1.35. The Morgan fingerprint density at radius 1 is 1.30 bits per heavy atom. The number of likely N-dealkylation sites (tertiary alicyclic amines) is 1. The van der Waals surface area contributed by atoms with Crippen LogP contribution in [0.3, 0.4) is 0 Å². The van der Waals surface area contributed by atoms with Crippen molar-refractivity contribution in [2.75, 3.05) is 31.6 Å². The van der Waals surface area contributed by atoms with Gasteiger partial charge in [0.25, 0.3) is 11.8 Å². The molecule has 6 nitrogen and oxygen atoms in total. The number of ether oxygens (including phenoxy) is 2. The van der Waals surface area contributed by atoms with Gasteiger partial charge in [0.05, 0.1) is 17.9 Å². The molecule has 140 valence electrons. The van der Waals surface area contributed by atoms with Crippen molar-refractivity contribution in [3.63, 3.8) is 0 Å². The SMILES string of the molecule is Cc1ccc(OCC2CN(C(=O)c3cc4c(cc3F)OCC(=O)N4)C2)cc1. The van der Waals surface area contributed by atoms with Crippen LogP contribution in [0.4, 0.5) is 10.1 Å². The topological polar surface area (TPSA) is 67.9 Å². The van der Waals surface area contributed by atoms with Crippen molar-refractivity contribution < 1.29 is 23.5 Å². The van der Waals surface area contributed by atoms with Crippen LogP contribution >= 0.6 is 0 Å². The zero-order chi connectivity index (χ0) is 19.0. The first-order chi connectivity index (χ1) is 13.0. The molecule has 7 heteroatoms. The number of hydrogen-bond donors (Lipinski definition) is 1. The van der Waals surface area contributed by atoms with Crippen molar-refractivity contribution >= 4 is 17.5 Å². The van der Waals surface area contributed by atoms with Crippen molar-refractivity contribution in [2.24, 2.45) is 5.92 Å². The van der Waals surface area contributed by atoms with Crippen molar-refractivity contribution in [3.8, 4) is 11.5 Å². The third-order valence-electron chi connectivity index (χ3n) is 4.68. The van der Waals surface area contributed by atoms with Crippen LogP contribution < -0.4 is 14.8 Å². The standard InChI is InChI=1S/C20H19FN2O4/c1-12-2-4-14(5-3-12)26-10-13-8-23(9-13)20(25)15-6-17-18(7-16(15)21)27-11-19(24)22-17/h2-7,13H,8-11H2,1H3,(H,22,24). The van der Waals surface area contributed by atoms with Gasteiger partial charge < -0.3 is 19.7 Å². The van der Waals surface area contributed by atoms with Gasteiger partial charge in [-0.05, 0) is 25.1 Å². The van der Waals surface area contributed by atoms with Crippen LogP contribution in [-0.4, -0.2) is 43.0 Å². The highest BCUT2D eigenvalue weighted by Crippen LogP contribution is 2.32. The highest BCUT2D eigenvalue weighted by atomic mass is 19.1. The predicted molar refractivity (Wildman–Crippen MR) is 96.6 cm³/mol. The number of rotatable bonds is 4. The van der Waals surface area contributed by atoms with Crippen LogP contribution in [0.5, 0.6) is 11.5 Å². The average molecular weight is 370 g/mol. The molecular formula is C20H19FN2O4. The number of carbonyl (C=O) groups is 2. The average Bonchev–Trinajstić information content (AvgIpc) is 2.61. The number of anilines is 1. The Bertz CT molecular complexity index is 892. The fraction of sp³-hybridized carbons (Fsp3) is 0.300. The van der Waals surface area contributed by atoms with Crippen LogP contribution in [0.15, 0.2) is 36.4 Å². The van der Waals surface area contributed by atoms with Gasteiger partial charge in [0.2, 0.25) is 0 Å². The van der Waals surface area contributed by atoms with Gasteiger partial charge in [-0.3, -0.25) is 9.59 Å². The second-order valence-corrected chi connectivity index (χ2v) is 6.87. The highest BCUT2D eigenvalue weighted by Gasteiger charge is 2.33. The number of nitrogens with one attached hydrogen (secondary N) is 1. The molecule has 0 bridgehead atoms. The van der Waals surface area contributed by atoms with E-state index in [0.717, 1.165) is 17.4 Å². The minimum atomic E-state index is -0.658. The lowest BCUT2D eigenvalue weighted by Gasteiger charge is -2.39. The number of fused-ring (bicyclic) bond motifs is 1. The van der Waals surface area contributed by atoms with E-state index in [0.29, 0.717) is 25.4 Å². The fourth-order valence-corrected chi connectivity index (χ4v) is 3.13. The summed E-state index contributed by atoms with van der Waals surface area (Å²) in [6.45, 7) is 3.36. The second kappa shape index (κ2) is 6.90. The lowest BCUT2D eigenvalue weighted by molar-refractivity contribution is -0.118. The molecule has 4 rings (SSSR count). The summed E-state index contributed by atoms with van der Waals surface area (Å²) in [5, 5.41) is 2.59. The Labute approximate surface area is 155 Å². The van der Waals surface area contributed by atoms with E-state index in [1.165, 1.54) is 6.07 Å². The van der Waals surface area contributed by atoms with Crippen molar-refractivity contribution in [3.05, 3.63) is 53.3 Å². The summed E-state index contributed by atoms with van der Waals surface area (Å²) in [5.74, 6) is -0.154. The van der Waals surface area contributed by atoms with Crippen LogP contribution in [-0.2, 0) is 4.79 Å². The van der Waals surface area contributed by atoms with Crippen molar-refractivity contribution in [1.82, 2.24) is 4.90 Å². The number of carbonyl (C=O) groups excluding carboxylic acids is 2. The van der Waals surface area contributed by atoms with E-state index in [2.05, 4.69) is 5.32 Å². The Morgan fingerprint density at radius 2 is 2.04 bits per heavy atom. The molecule has 1 saturated heterocycles. The molecule has 1 fully saturated rings. The van der Waals surface area contributed by atoms with Crippen LogP contribution in [0.1, 0.15) is 15.9 Å². The molecule has 1 N–H and O–H groups in total. The maximum absolute atomic E-state index is 14.3. The third-order valence-corrected chi connectivity index (χ3v) is 4.68. The molecule has 0 aromatic heterocycles. The van der Waals surface area contributed by atoms with Crippen LogP contribution in [0.25, 0.3) is 0 Å². The molecular weight excluding hydrogens is 351 g/mol. The third kappa shape index (κ3) is 3.58. The summed E-state index contributed by atoms with van der Waals surface area (Å²) in [4.78, 5) is 25.5. The number of halogens is 1. The first-order valence-electron chi connectivity index (χ1n) is 8.74. The molecule has 0 atom stereocenters. The molecule has 2 heterocycles. The molecule has 0 aliphatic carbocycles. The van der Waals surface area contributed by atoms with Gasteiger partial charge in [0.1, 0.15) is 17.3 Å². The Hall–Kier alpha value is -3.09. The normalized spacial score (nSPS) is 16.1. The molecule has 27 heavy (non-hydrogen) atoms. The molecule has 2 amide bonds. The van der Waals surface area contributed by atoms with E-state index < -0.39 is 11.7 Å². The lowest BCUT2D eigenvalue weighted by atomic mass is 9.99. The Kier molecular flexibility index (Phi) is 4.43. The van der Waals surface area contributed by atoms with E-state index in [4.69, 9.17) is 9.47 Å². The maximum atomic E-state index is 14.3. The van der Waals surface area contributed by atoms with Gasteiger partial charge in [0, 0.05) is 25.1 Å². The number of benzene rings is 2. The second-order valence-electron chi connectivity index (χ2n) is 6.87. The minimum Gasteiger partial charge on any atom is -0.493 e. The zero-order valence-electron chi connectivity index (χ0n) is 14.8. The fourth-order valence-electron chi connectivity index (χ4n) is 3.13. The van der Waals surface area contributed by atoms with Gasteiger partial charge >= 0.3 is 0 Å². The number of hydrogen-bond acceptors (Lipinski definition) is 4. The summed E-state index contributed by atoms with van der Waals surface area (Å²) in [6.07, 6.45) is 0. The first kappa shape index (κ1) is 17.3. The first-order valence-corrected chi connectivity index (χ1v) is 8.74. The van der Waals surface area contributed by atoms with E-state index in [1.807, 2.05) is 31.2 Å². The molecule has 0 unspecified atom stereocenters. The molecule has 2 aromatic rings. The van der Waals surface area contributed by atoms with Crippen LogP contribution in [0.2, 0.25) is 0 Å². The summed E-state index contributed by atoms with van der Waals surface area (Å²) < 4.78 is 25.2. The molecule has 0 radical (unpaired) electrons. The smallest absolute Gasteiger partial charge is 0.262 e. The maximum Gasteiger partial charge on any atom is 0.262 e. The Morgan fingerprint density at radius 3 is 2.78 bits per heavy atom. The number of aryl methyl sites for hydroxylation is 1. The van der Waals surface area contributed by atoms with Crippen LogP contribution in [0, 0.1) is 18.7 Å². The lowest BCUT2D eigenvalue weighted by Crippen LogP contribution is -2.52. The molecule has 2 aliphatic heterocycles. The van der Waals surface area contributed by atoms with E-state index >= 15 is 0 Å². The molecule has 2 aliphatic rings.